The van der Waals surface area contributed by atoms with Crippen molar-refractivity contribution in [3.63, 3.8) is 0 Å². The Labute approximate surface area is 239 Å². The van der Waals surface area contributed by atoms with Crippen LogP contribution < -0.4 is 14.2 Å². The maximum Gasteiger partial charge on any atom is 0.337 e. The van der Waals surface area contributed by atoms with Crippen molar-refractivity contribution < 1.29 is 34.4 Å². The molecule has 0 radical (unpaired) electrons. The highest BCUT2D eigenvalue weighted by Gasteiger charge is 2.16. The molecule has 0 aromatic heterocycles. The number of aromatic carboxylic acids is 2. The molecule has 0 amide bonds. The van der Waals surface area contributed by atoms with Gasteiger partial charge in [-0.2, -0.15) is 0 Å². The lowest BCUT2D eigenvalue weighted by Gasteiger charge is -2.13. The van der Waals surface area contributed by atoms with Gasteiger partial charge in [-0.3, -0.25) is 20.2 Å². The van der Waals surface area contributed by atoms with Crippen molar-refractivity contribution >= 4 is 58.6 Å². The summed E-state index contributed by atoms with van der Waals surface area (Å²) in [6.07, 6.45) is 0. The second kappa shape index (κ2) is 12.7. The zero-order chi connectivity index (χ0) is 29.5. The molecule has 4 N–H and O–H groups in total. The van der Waals surface area contributed by atoms with E-state index in [-0.39, 0.29) is 45.4 Å². The van der Waals surface area contributed by atoms with Crippen molar-refractivity contribution in [2.24, 2.45) is 0 Å². The van der Waals surface area contributed by atoms with Gasteiger partial charge < -0.3 is 24.4 Å². The van der Waals surface area contributed by atoms with Crippen molar-refractivity contribution in [1.82, 2.24) is 0 Å². The lowest BCUT2D eigenvalue weighted by atomic mass is 10.1. The van der Waals surface area contributed by atoms with Crippen LogP contribution in [-0.2, 0) is 0 Å². The number of hydrogen-bond donors (Lipinski definition) is 4. The molecule has 0 heterocycles. The van der Waals surface area contributed by atoms with Gasteiger partial charge in [0.05, 0.1) is 32.3 Å². The first-order valence-electron chi connectivity index (χ1n) is 11.4. The normalized spacial score (nSPS) is 10.4. The fourth-order valence-corrected chi connectivity index (χ4v) is 4.70. The SMILES string of the molecule is O=C(O)c1cc(Oc2ccc(NSc3ccc([N+](=O)[O-])cc3)c(C(=O)O)c2)ccc1NSc1ccc([N+](=O)[O-])cc1. The van der Waals surface area contributed by atoms with Crippen molar-refractivity contribution in [3.05, 3.63) is 116 Å². The number of rotatable bonds is 12. The first-order valence-corrected chi connectivity index (χ1v) is 13.0. The molecule has 0 bridgehead atoms. The Morgan fingerprint density at radius 1 is 0.634 bits per heavy atom. The van der Waals surface area contributed by atoms with Crippen LogP contribution in [0.5, 0.6) is 11.5 Å². The van der Waals surface area contributed by atoms with Crippen LogP contribution in [-0.4, -0.2) is 32.0 Å². The number of carboxylic acids is 2. The number of nitro groups is 2. The number of ether oxygens (including phenoxy) is 1. The number of nitrogens with zero attached hydrogens (tertiary/aromatic N) is 2. The lowest BCUT2D eigenvalue weighted by molar-refractivity contribution is -0.385. The van der Waals surface area contributed by atoms with Gasteiger partial charge in [0.25, 0.3) is 11.4 Å². The van der Waals surface area contributed by atoms with Crippen molar-refractivity contribution in [3.8, 4) is 11.5 Å². The average molecular weight is 595 g/mol. The maximum atomic E-state index is 11.9. The van der Waals surface area contributed by atoms with Gasteiger partial charge in [0.15, 0.2) is 0 Å². The third-order valence-corrected chi connectivity index (χ3v) is 6.99. The summed E-state index contributed by atoms with van der Waals surface area (Å²) in [7, 11) is 0. The Morgan fingerprint density at radius 2 is 1.00 bits per heavy atom. The number of nitro benzene ring substituents is 2. The predicted octanol–water partition coefficient (Wildman–Crippen LogP) is 6.93. The number of carbonyl (C=O) groups is 2. The minimum absolute atomic E-state index is 0.0693. The third kappa shape index (κ3) is 7.43. The molecule has 0 unspecified atom stereocenters. The minimum Gasteiger partial charge on any atom is -0.478 e. The van der Waals surface area contributed by atoms with Gasteiger partial charge in [0.2, 0.25) is 0 Å². The third-order valence-electron chi connectivity index (χ3n) is 5.33. The summed E-state index contributed by atoms with van der Waals surface area (Å²) in [5, 5.41) is 41.0. The van der Waals surface area contributed by atoms with Gasteiger partial charge in [-0.1, -0.05) is 0 Å². The van der Waals surface area contributed by atoms with E-state index < -0.39 is 21.8 Å². The van der Waals surface area contributed by atoms with E-state index in [1.807, 2.05) is 0 Å². The second-order valence-electron chi connectivity index (χ2n) is 8.04. The van der Waals surface area contributed by atoms with Gasteiger partial charge in [-0.05, 0) is 84.6 Å². The quantitative estimate of drug-likeness (QED) is 0.0749. The number of carboxylic acid groups (broad SMARTS) is 2. The Kier molecular flexibility index (Phi) is 8.91. The van der Waals surface area contributed by atoms with E-state index in [1.165, 1.54) is 84.9 Å². The molecule has 0 aliphatic heterocycles. The number of benzene rings is 4. The van der Waals surface area contributed by atoms with Crippen molar-refractivity contribution in [2.75, 3.05) is 9.44 Å². The summed E-state index contributed by atoms with van der Waals surface area (Å²) in [6.45, 7) is 0. The smallest absolute Gasteiger partial charge is 0.337 e. The van der Waals surface area contributed by atoms with E-state index in [1.54, 1.807) is 0 Å². The van der Waals surface area contributed by atoms with Crippen LogP contribution in [0.25, 0.3) is 0 Å². The van der Waals surface area contributed by atoms with E-state index in [2.05, 4.69) is 9.44 Å². The average Bonchev–Trinajstić information content (AvgIpc) is 2.96. The summed E-state index contributed by atoms with van der Waals surface area (Å²) in [5.74, 6) is -2.19. The van der Waals surface area contributed by atoms with Crippen molar-refractivity contribution in [2.45, 2.75) is 9.79 Å². The highest BCUT2D eigenvalue weighted by atomic mass is 32.2. The molecule has 15 heteroatoms. The predicted molar refractivity (Wildman–Crippen MR) is 152 cm³/mol. The van der Waals surface area contributed by atoms with E-state index >= 15 is 0 Å². The van der Waals surface area contributed by atoms with Crippen LogP contribution in [0.1, 0.15) is 20.7 Å². The van der Waals surface area contributed by atoms with Crippen LogP contribution in [0.2, 0.25) is 0 Å². The monoisotopic (exact) mass is 594 g/mol. The summed E-state index contributed by atoms with van der Waals surface area (Å²) in [5.41, 5.74) is 0.131. The molecule has 0 atom stereocenters. The van der Waals surface area contributed by atoms with E-state index in [0.29, 0.717) is 9.79 Å². The molecule has 4 rings (SSSR count). The zero-order valence-electron chi connectivity index (χ0n) is 20.5. The minimum atomic E-state index is -1.24. The van der Waals surface area contributed by atoms with Gasteiger partial charge >= 0.3 is 11.9 Å². The lowest BCUT2D eigenvalue weighted by Crippen LogP contribution is -2.03. The van der Waals surface area contributed by atoms with Crippen LogP contribution in [0.3, 0.4) is 0 Å². The van der Waals surface area contributed by atoms with Gasteiger partial charge in [0, 0.05) is 34.1 Å². The zero-order valence-corrected chi connectivity index (χ0v) is 22.2. The van der Waals surface area contributed by atoms with Gasteiger partial charge in [0.1, 0.15) is 11.5 Å². The molecule has 0 saturated carbocycles. The van der Waals surface area contributed by atoms with E-state index in [9.17, 15) is 40.0 Å². The number of hydrogen-bond acceptors (Lipinski definition) is 11. The topological polar surface area (TPSA) is 194 Å². The van der Waals surface area contributed by atoms with Gasteiger partial charge in [-0.25, -0.2) is 9.59 Å². The highest BCUT2D eigenvalue weighted by Crippen LogP contribution is 2.33. The molecule has 208 valence electrons. The first kappa shape index (κ1) is 28.7. The number of anilines is 2. The molecule has 0 aliphatic carbocycles. The standard InChI is InChI=1S/C26H18N4O9S2/c31-25(32)21-13-17(5-11-23(21)27-40-19-7-1-15(2-8-19)29(35)36)39-18-6-12-24(22(14-18)26(33)34)28-41-20-9-3-16(4-10-20)30(37)38/h1-14,27-28H,(H,31,32)(H,33,34). The second-order valence-corrected chi connectivity index (χ2v) is 9.80. The van der Waals surface area contributed by atoms with Crippen LogP contribution in [0.15, 0.2) is 94.7 Å². The summed E-state index contributed by atoms with van der Waals surface area (Å²) in [6, 6.07) is 19.9. The Bertz CT molecular complexity index is 1510. The highest BCUT2D eigenvalue weighted by molar-refractivity contribution is 8.00. The largest absolute Gasteiger partial charge is 0.478 e. The first-order chi connectivity index (χ1) is 19.6. The fourth-order valence-electron chi connectivity index (χ4n) is 3.34. The number of non-ortho nitro benzene ring substituents is 2. The molecule has 0 spiro atoms. The maximum absolute atomic E-state index is 11.9. The van der Waals surface area contributed by atoms with E-state index in [0.717, 1.165) is 23.9 Å². The summed E-state index contributed by atoms with van der Waals surface area (Å²) >= 11 is 2.13. The van der Waals surface area contributed by atoms with Crippen LogP contribution in [0.4, 0.5) is 22.7 Å². The Hall–Kier alpha value is -5.28. The van der Waals surface area contributed by atoms with Crippen molar-refractivity contribution in [1.29, 1.82) is 0 Å². The molecule has 0 saturated heterocycles. The van der Waals surface area contributed by atoms with Gasteiger partial charge in [-0.15, -0.1) is 0 Å². The molecule has 13 nitrogen and oxygen atoms in total. The molecule has 0 fully saturated rings. The summed E-state index contributed by atoms with van der Waals surface area (Å²) in [4.78, 5) is 45.6. The molecule has 4 aromatic carbocycles. The fraction of sp³-hybridized carbons (Fsp3) is 0. The Balaban J connectivity index is 1.46. The summed E-state index contributed by atoms with van der Waals surface area (Å²) < 4.78 is 11.6. The molecule has 4 aromatic rings. The number of nitrogens with one attached hydrogen (secondary N) is 2. The molecular formula is C26H18N4O9S2. The molecular weight excluding hydrogens is 576 g/mol. The molecule has 41 heavy (non-hydrogen) atoms. The molecule has 0 aliphatic rings. The van der Waals surface area contributed by atoms with E-state index in [4.69, 9.17) is 4.74 Å². The van der Waals surface area contributed by atoms with Crippen LogP contribution >= 0.6 is 23.9 Å². The Morgan fingerprint density at radius 3 is 1.32 bits per heavy atom. The van der Waals surface area contributed by atoms with Crippen LogP contribution in [0, 0.1) is 20.2 Å².